The minimum absolute atomic E-state index is 0.0541. The smallest absolute Gasteiger partial charge is 0.312 e. The van der Waals surface area contributed by atoms with Gasteiger partial charge < -0.3 is 49.8 Å². The van der Waals surface area contributed by atoms with Crippen LogP contribution in [0.3, 0.4) is 0 Å². The summed E-state index contributed by atoms with van der Waals surface area (Å²) in [5.74, 6) is -7.91. The fourth-order valence-corrected chi connectivity index (χ4v) is 7.61. The van der Waals surface area contributed by atoms with Crippen LogP contribution in [-0.2, 0) is 30.3 Å². The number of anilines is 1. The minimum Gasteiger partial charge on any atom is -0.507 e. The lowest BCUT2D eigenvalue weighted by Gasteiger charge is -2.38. The van der Waals surface area contributed by atoms with Gasteiger partial charge in [-0.05, 0) is 33.0 Å². The number of hydrogen-bond acceptors (Lipinski definition) is 13. The van der Waals surface area contributed by atoms with Crippen LogP contribution in [0.2, 0.25) is 0 Å². The Hall–Kier alpha value is -4.63. The number of nitrogens with zero attached hydrogens (tertiary/aromatic N) is 1. The van der Waals surface area contributed by atoms with Gasteiger partial charge in [0.05, 0.1) is 41.2 Å². The Labute approximate surface area is 328 Å². The van der Waals surface area contributed by atoms with Gasteiger partial charge in [0.25, 0.3) is 11.7 Å². The lowest BCUT2D eigenvalue weighted by atomic mass is 9.78. The summed E-state index contributed by atoms with van der Waals surface area (Å²) in [7, 11) is 1.44. The first kappa shape index (κ1) is 44.1. The number of carbonyl (C=O) groups is 3. The van der Waals surface area contributed by atoms with Gasteiger partial charge in [-0.3, -0.25) is 19.3 Å². The summed E-state index contributed by atoms with van der Waals surface area (Å²) in [6, 6.07) is 0. The molecule has 0 radical (unpaired) electrons. The zero-order valence-electron chi connectivity index (χ0n) is 34.2. The monoisotopic (exact) mass is 782 g/mol. The lowest BCUT2D eigenvalue weighted by molar-refractivity contribution is -0.160. The average molecular weight is 783 g/mol. The van der Waals surface area contributed by atoms with Crippen LogP contribution in [0.4, 0.5) is 5.69 Å². The number of phenols is 3. The van der Waals surface area contributed by atoms with E-state index in [1.165, 1.54) is 46.3 Å². The van der Waals surface area contributed by atoms with Crippen molar-refractivity contribution in [3.8, 4) is 23.0 Å². The highest BCUT2D eigenvalue weighted by atomic mass is 16.7. The molecule has 14 nitrogen and oxygen atoms in total. The van der Waals surface area contributed by atoms with Gasteiger partial charge in [0.2, 0.25) is 0 Å². The molecular formula is C42H58N2O12. The van der Waals surface area contributed by atoms with Gasteiger partial charge in [-0.1, -0.05) is 59.8 Å². The number of Topliss-reactive ketones (excluding diaryl/α,β-unsaturated/α-hetero) is 1. The molecule has 3 aliphatic heterocycles. The number of amides is 1. The van der Waals surface area contributed by atoms with Crippen LogP contribution in [0.5, 0.6) is 23.0 Å². The molecule has 0 spiro atoms. The van der Waals surface area contributed by atoms with Crippen molar-refractivity contribution in [1.82, 2.24) is 4.90 Å². The SMILES string of the molecule is CCN(CC)Cc1c2c(O)c3c(O)c(C)c4c(c3c1O)C(=O)[C@@](C)(O/C=C/[C@H](OC)[C@@H](C)[C@@H](OC(C)=O)[C@H](C)[C@H](O)[C@H](C)[C@@H](O)[C@@H](C)/C=C/C=C(/C)C(=O)N2)O4. The van der Waals surface area contributed by atoms with Gasteiger partial charge in [0, 0.05) is 73.3 Å². The van der Waals surface area contributed by atoms with E-state index in [2.05, 4.69) is 5.32 Å². The number of methoxy groups -OCH3 is 1. The van der Waals surface area contributed by atoms with Crippen LogP contribution in [0.1, 0.15) is 83.8 Å². The number of ether oxygens (including phenoxy) is 4. The first-order chi connectivity index (χ1) is 26.3. The molecule has 3 aliphatic rings. The molecule has 0 aromatic heterocycles. The molecule has 1 amide bonds. The Morgan fingerprint density at radius 1 is 0.929 bits per heavy atom. The number of aliphatic hydroxyl groups is 2. The van der Waals surface area contributed by atoms with Crippen molar-refractivity contribution in [2.75, 3.05) is 25.5 Å². The number of fused-ring (bicyclic) bond motifs is 14. The summed E-state index contributed by atoms with van der Waals surface area (Å²) in [5, 5.41) is 60.5. The first-order valence-electron chi connectivity index (χ1n) is 19.0. The zero-order valence-corrected chi connectivity index (χ0v) is 34.2. The average Bonchev–Trinajstić information content (AvgIpc) is 3.43. The number of carbonyl (C=O) groups excluding carboxylic acids is 3. The third-order valence-electron chi connectivity index (χ3n) is 11.4. The number of aliphatic hydroxyl groups excluding tert-OH is 2. The van der Waals surface area contributed by atoms with E-state index in [-0.39, 0.29) is 51.0 Å². The summed E-state index contributed by atoms with van der Waals surface area (Å²) >= 11 is 0. The predicted octanol–water partition coefficient (Wildman–Crippen LogP) is 5.60. The Balaban J connectivity index is 1.98. The molecule has 2 aromatic rings. The van der Waals surface area contributed by atoms with Crippen molar-refractivity contribution in [2.24, 2.45) is 23.7 Å². The van der Waals surface area contributed by atoms with Crippen LogP contribution in [0, 0.1) is 30.6 Å². The van der Waals surface area contributed by atoms with Crippen molar-refractivity contribution < 1.29 is 58.9 Å². The van der Waals surface area contributed by atoms with E-state index in [1.807, 2.05) is 18.7 Å². The first-order valence-corrected chi connectivity index (χ1v) is 19.0. The van der Waals surface area contributed by atoms with E-state index in [4.69, 9.17) is 18.9 Å². The minimum atomic E-state index is -2.01. The quantitative estimate of drug-likeness (QED) is 0.120. The van der Waals surface area contributed by atoms with Crippen molar-refractivity contribution in [1.29, 1.82) is 0 Å². The molecule has 0 unspecified atom stereocenters. The van der Waals surface area contributed by atoms with Gasteiger partial charge in [-0.2, -0.15) is 0 Å². The predicted molar refractivity (Wildman–Crippen MR) is 210 cm³/mol. The fraction of sp³-hybridized carbons (Fsp3) is 0.548. The second-order valence-electron chi connectivity index (χ2n) is 15.1. The maximum absolute atomic E-state index is 14.4. The Kier molecular flexibility index (Phi) is 13.9. The van der Waals surface area contributed by atoms with E-state index in [0.29, 0.717) is 13.1 Å². The number of allylic oxidation sites excluding steroid dienone is 2. The molecule has 2 aromatic carbocycles. The number of aromatic hydroxyl groups is 3. The van der Waals surface area contributed by atoms with Crippen molar-refractivity contribution in [3.63, 3.8) is 0 Å². The van der Waals surface area contributed by atoms with Crippen LogP contribution >= 0.6 is 0 Å². The zero-order chi connectivity index (χ0) is 42.0. The number of benzene rings is 2. The van der Waals surface area contributed by atoms with Gasteiger partial charge in [-0.25, -0.2) is 0 Å². The molecular weight excluding hydrogens is 724 g/mol. The number of phenolic OH excluding ortho intramolecular Hbond substituents is 3. The number of ketones is 1. The van der Waals surface area contributed by atoms with Crippen LogP contribution in [-0.4, -0.2) is 98.5 Å². The fourth-order valence-electron chi connectivity index (χ4n) is 7.61. The van der Waals surface area contributed by atoms with E-state index >= 15 is 0 Å². The lowest BCUT2D eigenvalue weighted by Crippen LogP contribution is -2.46. The van der Waals surface area contributed by atoms with Crippen LogP contribution in [0.15, 0.2) is 36.1 Å². The molecule has 0 saturated heterocycles. The summed E-state index contributed by atoms with van der Waals surface area (Å²) in [6.07, 6.45) is 3.69. The molecule has 6 N–H and O–H groups in total. The summed E-state index contributed by atoms with van der Waals surface area (Å²) in [6.45, 7) is 17.6. The molecule has 5 bridgehead atoms. The number of nitrogens with one attached hydrogen (secondary N) is 1. The molecule has 308 valence electrons. The standard InChI is InChI=1S/C42H58N2O12/c1-12-44(13-2)19-27-32-37(50)30-29(36(27)49)31-39(25(8)35(30)48)56-42(10,40(31)51)54-18-17-28(53-11)22(5)38(55-26(9)45)24(7)34(47)23(6)33(46)20(3)15-14-16-21(4)41(52)43-32/h14-18,20,22-24,28,33-34,38,46-50H,12-13,19H2,1-11H3,(H,43,52)/b15-14+,18-17+,21-16-/t20-,22+,23+,24+,28-,33-,34+,38+,42-/m0/s1. The van der Waals surface area contributed by atoms with Crippen molar-refractivity contribution >= 4 is 34.1 Å². The van der Waals surface area contributed by atoms with Crippen LogP contribution in [0.25, 0.3) is 10.8 Å². The summed E-state index contributed by atoms with van der Waals surface area (Å²) in [4.78, 5) is 42.3. The third-order valence-corrected chi connectivity index (χ3v) is 11.4. The topological polar surface area (TPSA) is 205 Å². The highest BCUT2D eigenvalue weighted by Crippen LogP contribution is 2.55. The summed E-state index contributed by atoms with van der Waals surface area (Å²) in [5.41, 5.74) is 0.117. The Morgan fingerprint density at radius 3 is 2.16 bits per heavy atom. The maximum atomic E-state index is 14.4. The number of esters is 1. The highest BCUT2D eigenvalue weighted by Gasteiger charge is 2.50. The Bertz CT molecular complexity index is 1920. The molecule has 0 saturated carbocycles. The molecule has 56 heavy (non-hydrogen) atoms. The van der Waals surface area contributed by atoms with E-state index in [0.717, 1.165) is 0 Å². The third kappa shape index (κ3) is 8.38. The van der Waals surface area contributed by atoms with E-state index in [1.54, 1.807) is 46.8 Å². The van der Waals surface area contributed by atoms with Crippen molar-refractivity contribution in [3.05, 3.63) is 52.8 Å². The molecule has 0 fully saturated rings. The van der Waals surface area contributed by atoms with Gasteiger partial charge >= 0.3 is 11.8 Å². The van der Waals surface area contributed by atoms with E-state index in [9.17, 15) is 39.9 Å². The second kappa shape index (κ2) is 17.7. The number of rotatable bonds is 6. The second-order valence-corrected chi connectivity index (χ2v) is 15.1. The molecule has 5 rings (SSSR count). The molecule has 3 heterocycles. The highest BCUT2D eigenvalue weighted by molar-refractivity contribution is 6.22. The van der Waals surface area contributed by atoms with Crippen LogP contribution < -0.4 is 10.1 Å². The number of hydrogen-bond donors (Lipinski definition) is 6. The molecule has 9 atom stereocenters. The maximum Gasteiger partial charge on any atom is 0.312 e. The Morgan fingerprint density at radius 2 is 1.57 bits per heavy atom. The van der Waals surface area contributed by atoms with Gasteiger partial charge in [0.1, 0.15) is 23.4 Å². The van der Waals surface area contributed by atoms with Gasteiger partial charge in [-0.15, -0.1) is 0 Å². The molecule has 0 aliphatic carbocycles. The van der Waals surface area contributed by atoms with Gasteiger partial charge in [0.15, 0.2) is 5.75 Å². The van der Waals surface area contributed by atoms with Crippen molar-refractivity contribution in [2.45, 2.75) is 106 Å². The molecule has 14 heteroatoms. The van der Waals surface area contributed by atoms with E-state index < -0.39 is 88.8 Å². The summed E-state index contributed by atoms with van der Waals surface area (Å²) < 4.78 is 23.6. The largest absolute Gasteiger partial charge is 0.507 e. The normalized spacial score (nSPS) is 31.1.